The third-order valence-electron chi connectivity index (χ3n) is 5.22. The molecule has 1 amide bonds. The van der Waals surface area contributed by atoms with Gasteiger partial charge >= 0.3 is 0 Å². The zero-order valence-electron chi connectivity index (χ0n) is 16.8. The summed E-state index contributed by atoms with van der Waals surface area (Å²) in [6.07, 6.45) is 1.50. The molecule has 162 valence electrons. The number of amides is 1. The summed E-state index contributed by atoms with van der Waals surface area (Å²) in [6.45, 7) is 3.14. The lowest BCUT2D eigenvalue weighted by molar-refractivity contribution is -0.115. The zero-order chi connectivity index (χ0) is 21.8. The van der Waals surface area contributed by atoms with E-state index >= 15 is 0 Å². The lowest BCUT2D eigenvalue weighted by Crippen LogP contribution is -2.37. The Labute approximate surface area is 178 Å². The summed E-state index contributed by atoms with van der Waals surface area (Å²) in [5, 5.41) is 2.62. The number of hydrogen-bond donors (Lipinski definition) is 1. The standard InChI is InChI=1S/C21H26N2O5S2/c1-17-11-14-23(15-12-17)30(27,28)20-9-7-18(8-10-20)22-21(24)13-16-29(25,26)19-5-3-2-4-6-19/h2-10,17H,11-16H2,1H3,(H,22,24). The minimum absolute atomic E-state index is 0.180. The van der Waals surface area contributed by atoms with Crippen molar-refractivity contribution in [3.63, 3.8) is 0 Å². The SMILES string of the molecule is CC1CCN(S(=O)(=O)c2ccc(NC(=O)CCS(=O)(=O)c3ccccc3)cc2)CC1. The minimum atomic E-state index is -3.55. The number of hydrogen-bond acceptors (Lipinski definition) is 5. The van der Waals surface area contributed by atoms with E-state index in [9.17, 15) is 21.6 Å². The van der Waals surface area contributed by atoms with Gasteiger partial charge in [-0.25, -0.2) is 16.8 Å². The van der Waals surface area contributed by atoms with Crippen LogP contribution in [0.4, 0.5) is 5.69 Å². The highest BCUT2D eigenvalue weighted by atomic mass is 32.2. The van der Waals surface area contributed by atoms with E-state index in [1.54, 1.807) is 18.2 Å². The van der Waals surface area contributed by atoms with Crippen LogP contribution in [-0.4, -0.2) is 45.9 Å². The average molecular weight is 451 g/mol. The van der Waals surface area contributed by atoms with Crippen molar-refractivity contribution in [3.05, 3.63) is 54.6 Å². The van der Waals surface area contributed by atoms with Crippen molar-refractivity contribution >= 4 is 31.5 Å². The Balaban J connectivity index is 1.58. The fraction of sp³-hybridized carbons (Fsp3) is 0.381. The van der Waals surface area contributed by atoms with Gasteiger partial charge in [-0.15, -0.1) is 0 Å². The summed E-state index contributed by atoms with van der Waals surface area (Å²) in [5.74, 6) is -0.224. The number of sulfonamides is 1. The number of benzene rings is 2. The van der Waals surface area contributed by atoms with Crippen molar-refractivity contribution in [3.8, 4) is 0 Å². The first-order valence-electron chi connectivity index (χ1n) is 9.86. The van der Waals surface area contributed by atoms with Gasteiger partial charge in [0.25, 0.3) is 0 Å². The topological polar surface area (TPSA) is 101 Å². The van der Waals surface area contributed by atoms with E-state index in [4.69, 9.17) is 0 Å². The molecule has 1 aliphatic rings. The van der Waals surface area contributed by atoms with Crippen LogP contribution in [0.5, 0.6) is 0 Å². The van der Waals surface area contributed by atoms with E-state index in [0.29, 0.717) is 24.7 Å². The Kier molecular flexibility index (Phi) is 6.95. The first-order chi connectivity index (χ1) is 14.2. The third-order valence-corrected chi connectivity index (χ3v) is 8.86. The molecule has 0 bridgehead atoms. The van der Waals surface area contributed by atoms with Gasteiger partial charge in [-0.2, -0.15) is 4.31 Å². The molecule has 1 fully saturated rings. The van der Waals surface area contributed by atoms with E-state index in [1.807, 2.05) is 0 Å². The monoisotopic (exact) mass is 450 g/mol. The van der Waals surface area contributed by atoms with E-state index in [2.05, 4.69) is 12.2 Å². The third kappa shape index (κ3) is 5.47. The second-order valence-electron chi connectivity index (χ2n) is 7.54. The van der Waals surface area contributed by atoms with Crippen LogP contribution >= 0.6 is 0 Å². The highest BCUT2D eigenvalue weighted by Gasteiger charge is 2.28. The van der Waals surface area contributed by atoms with Gasteiger partial charge in [0.15, 0.2) is 9.84 Å². The van der Waals surface area contributed by atoms with Crippen molar-refractivity contribution in [2.75, 3.05) is 24.2 Å². The molecule has 30 heavy (non-hydrogen) atoms. The predicted molar refractivity (Wildman–Crippen MR) is 115 cm³/mol. The number of nitrogens with one attached hydrogen (secondary N) is 1. The van der Waals surface area contributed by atoms with Gasteiger partial charge < -0.3 is 5.32 Å². The lowest BCUT2D eigenvalue weighted by atomic mass is 10.0. The van der Waals surface area contributed by atoms with Crippen molar-refractivity contribution in [1.29, 1.82) is 0 Å². The molecule has 1 heterocycles. The van der Waals surface area contributed by atoms with Crippen LogP contribution in [0, 0.1) is 5.92 Å². The Bertz CT molecular complexity index is 1070. The first kappa shape index (κ1) is 22.5. The molecule has 3 rings (SSSR count). The number of carbonyl (C=O) groups excluding carboxylic acids is 1. The number of anilines is 1. The lowest BCUT2D eigenvalue weighted by Gasteiger charge is -2.29. The molecule has 0 radical (unpaired) electrons. The smallest absolute Gasteiger partial charge is 0.243 e. The molecule has 1 aliphatic heterocycles. The summed E-state index contributed by atoms with van der Waals surface area (Å²) < 4.78 is 51.5. The van der Waals surface area contributed by atoms with E-state index in [1.165, 1.54) is 40.7 Å². The molecular weight excluding hydrogens is 424 g/mol. The van der Waals surface area contributed by atoms with Gasteiger partial charge in [-0.05, 0) is 55.2 Å². The van der Waals surface area contributed by atoms with Crippen LogP contribution in [0.25, 0.3) is 0 Å². The fourth-order valence-electron chi connectivity index (χ4n) is 3.28. The van der Waals surface area contributed by atoms with Crippen molar-refractivity contribution in [2.45, 2.75) is 36.0 Å². The van der Waals surface area contributed by atoms with E-state index in [0.717, 1.165) is 12.8 Å². The molecule has 0 unspecified atom stereocenters. The molecule has 0 spiro atoms. The van der Waals surface area contributed by atoms with Gasteiger partial charge in [0.1, 0.15) is 0 Å². The Morgan fingerprint density at radius 1 is 0.933 bits per heavy atom. The average Bonchev–Trinajstić information content (AvgIpc) is 2.74. The van der Waals surface area contributed by atoms with Crippen molar-refractivity contribution < 1.29 is 21.6 Å². The van der Waals surface area contributed by atoms with Crippen molar-refractivity contribution in [2.24, 2.45) is 5.92 Å². The highest BCUT2D eigenvalue weighted by molar-refractivity contribution is 7.91. The number of rotatable bonds is 7. The molecule has 0 aliphatic carbocycles. The Hall–Kier alpha value is -2.23. The molecule has 7 nitrogen and oxygen atoms in total. The van der Waals surface area contributed by atoms with Gasteiger partial charge in [0.05, 0.1) is 15.5 Å². The number of sulfone groups is 1. The zero-order valence-corrected chi connectivity index (χ0v) is 18.5. The summed E-state index contributed by atoms with van der Waals surface area (Å²) >= 11 is 0. The van der Waals surface area contributed by atoms with E-state index in [-0.39, 0.29) is 22.0 Å². The molecule has 1 saturated heterocycles. The van der Waals surface area contributed by atoms with Gasteiger partial charge in [-0.1, -0.05) is 25.1 Å². The molecular formula is C21H26N2O5S2. The maximum Gasteiger partial charge on any atom is 0.243 e. The summed E-state index contributed by atoms with van der Waals surface area (Å²) in [4.78, 5) is 12.5. The summed E-state index contributed by atoms with van der Waals surface area (Å²) in [6, 6.07) is 13.9. The highest BCUT2D eigenvalue weighted by Crippen LogP contribution is 2.24. The summed E-state index contributed by atoms with van der Waals surface area (Å²) in [7, 11) is -7.09. The maximum atomic E-state index is 12.7. The molecule has 2 aromatic carbocycles. The van der Waals surface area contributed by atoms with E-state index < -0.39 is 25.8 Å². The van der Waals surface area contributed by atoms with Gasteiger partial charge in [-0.3, -0.25) is 4.79 Å². The molecule has 0 aromatic heterocycles. The molecule has 9 heteroatoms. The van der Waals surface area contributed by atoms with Crippen LogP contribution in [0.1, 0.15) is 26.2 Å². The second kappa shape index (κ2) is 9.28. The molecule has 0 saturated carbocycles. The second-order valence-corrected chi connectivity index (χ2v) is 11.6. The van der Waals surface area contributed by atoms with Gasteiger partial charge in [0, 0.05) is 25.2 Å². The van der Waals surface area contributed by atoms with Crippen LogP contribution in [0.2, 0.25) is 0 Å². The fourth-order valence-corrected chi connectivity index (χ4v) is 6.01. The Morgan fingerprint density at radius 2 is 1.53 bits per heavy atom. The quantitative estimate of drug-likeness (QED) is 0.699. The van der Waals surface area contributed by atoms with Crippen LogP contribution in [-0.2, 0) is 24.7 Å². The molecule has 1 N–H and O–H groups in total. The minimum Gasteiger partial charge on any atom is -0.326 e. The predicted octanol–water partition coefficient (Wildman–Crippen LogP) is 2.91. The summed E-state index contributed by atoms with van der Waals surface area (Å²) in [5.41, 5.74) is 0.420. The number of piperidine rings is 1. The number of nitrogens with zero attached hydrogens (tertiary/aromatic N) is 1. The number of carbonyl (C=O) groups is 1. The normalized spacial score (nSPS) is 16.3. The van der Waals surface area contributed by atoms with Crippen LogP contribution < -0.4 is 5.32 Å². The Morgan fingerprint density at radius 3 is 2.13 bits per heavy atom. The molecule has 2 aromatic rings. The maximum absolute atomic E-state index is 12.7. The molecule has 0 atom stereocenters. The van der Waals surface area contributed by atoms with Crippen molar-refractivity contribution in [1.82, 2.24) is 4.31 Å². The largest absolute Gasteiger partial charge is 0.326 e. The van der Waals surface area contributed by atoms with Crippen LogP contribution in [0.15, 0.2) is 64.4 Å². The first-order valence-corrected chi connectivity index (χ1v) is 13.0. The van der Waals surface area contributed by atoms with Gasteiger partial charge in [0.2, 0.25) is 15.9 Å². The van der Waals surface area contributed by atoms with Crippen LogP contribution in [0.3, 0.4) is 0 Å².